The molecule has 1 heterocycles. The average molecular weight is 264 g/mol. The van der Waals surface area contributed by atoms with Crippen LogP contribution in [0.15, 0.2) is 27.4 Å². The third-order valence-corrected chi connectivity index (χ3v) is 2.75. The first-order valence-electron chi connectivity index (χ1n) is 5.58. The molecule has 0 saturated heterocycles. The lowest BCUT2D eigenvalue weighted by Crippen LogP contribution is -2.32. The fourth-order valence-electron chi connectivity index (χ4n) is 1.72. The highest BCUT2D eigenvalue weighted by atomic mass is 16.4. The molecular weight excluding hydrogens is 252 g/mol. The van der Waals surface area contributed by atoms with Crippen LogP contribution in [0.4, 0.5) is 0 Å². The summed E-state index contributed by atoms with van der Waals surface area (Å²) < 4.78 is 6.37. The molecule has 0 bridgehead atoms. The molecule has 2 N–H and O–H groups in total. The molecule has 7 heteroatoms. The van der Waals surface area contributed by atoms with Gasteiger partial charge in [0.15, 0.2) is 5.58 Å². The topological polar surface area (TPSA) is 102 Å². The Bertz CT molecular complexity index is 698. The van der Waals surface area contributed by atoms with Crippen molar-refractivity contribution in [3.05, 3.63) is 34.3 Å². The molecule has 1 amide bonds. The van der Waals surface area contributed by atoms with Crippen molar-refractivity contribution in [2.24, 2.45) is 7.05 Å². The van der Waals surface area contributed by atoms with Crippen molar-refractivity contribution >= 4 is 23.0 Å². The Morgan fingerprint density at radius 3 is 2.84 bits per heavy atom. The van der Waals surface area contributed by atoms with Crippen LogP contribution in [0.2, 0.25) is 0 Å². The number of nitrogens with zero attached hydrogens (tertiary/aromatic N) is 1. The minimum atomic E-state index is -1.51. The average Bonchev–Trinajstić information content (AvgIpc) is 2.65. The monoisotopic (exact) mass is 264 g/mol. The van der Waals surface area contributed by atoms with E-state index in [9.17, 15) is 14.4 Å². The van der Waals surface area contributed by atoms with E-state index in [-0.39, 0.29) is 6.54 Å². The zero-order chi connectivity index (χ0) is 14.0. The second-order valence-electron chi connectivity index (χ2n) is 4.04. The summed E-state index contributed by atoms with van der Waals surface area (Å²) in [5.41, 5.74) is 2.02. The van der Waals surface area contributed by atoms with Crippen LogP contribution in [0.3, 0.4) is 0 Å². The second-order valence-corrected chi connectivity index (χ2v) is 4.04. The number of hydrogen-bond donors (Lipinski definition) is 2. The molecule has 0 aliphatic rings. The maximum Gasteiger partial charge on any atom is 0.419 e. The number of nitrogens with one attached hydrogen (secondary N) is 1. The number of carbonyl (C=O) groups excluding carboxylic acids is 1. The number of aryl methyl sites for hydroxylation is 1. The summed E-state index contributed by atoms with van der Waals surface area (Å²) in [7, 11) is 1.60. The van der Waals surface area contributed by atoms with Crippen molar-refractivity contribution < 1.29 is 19.1 Å². The van der Waals surface area contributed by atoms with Gasteiger partial charge < -0.3 is 14.8 Å². The van der Waals surface area contributed by atoms with Gasteiger partial charge in [-0.15, -0.1) is 0 Å². The van der Waals surface area contributed by atoms with E-state index in [0.29, 0.717) is 17.5 Å². The summed E-state index contributed by atoms with van der Waals surface area (Å²) in [4.78, 5) is 32.4. The van der Waals surface area contributed by atoms with Gasteiger partial charge in [0.1, 0.15) is 0 Å². The summed E-state index contributed by atoms with van der Waals surface area (Å²) in [6.45, 7) is 0.211. The van der Waals surface area contributed by atoms with Crippen molar-refractivity contribution in [2.45, 2.75) is 6.42 Å². The van der Waals surface area contributed by atoms with Crippen molar-refractivity contribution in [2.75, 3.05) is 6.54 Å². The zero-order valence-corrected chi connectivity index (χ0v) is 10.2. The summed E-state index contributed by atoms with van der Waals surface area (Å²) >= 11 is 0. The Hall–Kier alpha value is -2.57. The van der Waals surface area contributed by atoms with Crippen LogP contribution < -0.4 is 11.1 Å². The number of aromatic nitrogens is 1. The van der Waals surface area contributed by atoms with E-state index in [4.69, 9.17) is 9.52 Å². The predicted molar refractivity (Wildman–Crippen MR) is 65.8 cm³/mol. The molecule has 0 aliphatic carbocycles. The number of oxazole rings is 1. The van der Waals surface area contributed by atoms with Crippen molar-refractivity contribution in [1.82, 2.24) is 9.88 Å². The largest absolute Gasteiger partial charge is 0.474 e. The van der Waals surface area contributed by atoms with Crippen LogP contribution in [-0.4, -0.2) is 28.1 Å². The van der Waals surface area contributed by atoms with Gasteiger partial charge in [0.2, 0.25) is 0 Å². The maximum atomic E-state index is 11.3. The van der Waals surface area contributed by atoms with Crippen LogP contribution in [0.1, 0.15) is 5.56 Å². The number of aliphatic carboxylic acids is 1. The molecule has 1 aromatic carbocycles. The van der Waals surface area contributed by atoms with E-state index >= 15 is 0 Å². The first-order valence-corrected chi connectivity index (χ1v) is 5.58. The molecule has 100 valence electrons. The van der Waals surface area contributed by atoms with Gasteiger partial charge in [-0.3, -0.25) is 9.36 Å². The van der Waals surface area contributed by atoms with Gasteiger partial charge in [0.25, 0.3) is 0 Å². The highest BCUT2D eigenvalue weighted by molar-refractivity contribution is 6.31. The first kappa shape index (κ1) is 12.9. The van der Waals surface area contributed by atoms with Gasteiger partial charge in [0, 0.05) is 13.6 Å². The fourth-order valence-corrected chi connectivity index (χ4v) is 1.72. The van der Waals surface area contributed by atoms with Gasteiger partial charge in [-0.1, -0.05) is 6.07 Å². The molecule has 0 saturated carbocycles. The van der Waals surface area contributed by atoms with E-state index < -0.39 is 17.6 Å². The quantitative estimate of drug-likeness (QED) is 0.752. The summed E-state index contributed by atoms with van der Waals surface area (Å²) in [6, 6.07) is 5.20. The third-order valence-electron chi connectivity index (χ3n) is 2.75. The summed E-state index contributed by atoms with van der Waals surface area (Å²) in [5.74, 6) is -2.98. The van der Waals surface area contributed by atoms with Gasteiger partial charge in [-0.25, -0.2) is 9.59 Å². The molecule has 0 radical (unpaired) electrons. The molecule has 1 aromatic heterocycles. The fraction of sp³-hybridized carbons (Fsp3) is 0.250. The van der Waals surface area contributed by atoms with Crippen LogP contribution in [0, 0.1) is 0 Å². The number of carboxylic acid groups (broad SMARTS) is 1. The molecule has 7 nitrogen and oxygen atoms in total. The van der Waals surface area contributed by atoms with Crippen molar-refractivity contribution in [3.63, 3.8) is 0 Å². The molecule has 0 spiro atoms. The van der Waals surface area contributed by atoms with E-state index in [1.165, 1.54) is 4.57 Å². The zero-order valence-electron chi connectivity index (χ0n) is 10.2. The first-order chi connectivity index (χ1) is 8.99. The smallest absolute Gasteiger partial charge is 0.419 e. The van der Waals surface area contributed by atoms with Gasteiger partial charge in [-0.05, 0) is 24.1 Å². The van der Waals surface area contributed by atoms with Crippen LogP contribution in [0.25, 0.3) is 11.1 Å². The van der Waals surface area contributed by atoms with E-state index in [2.05, 4.69) is 5.32 Å². The molecule has 0 fully saturated rings. The SMILES string of the molecule is Cn1c(=O)oc2ccc(CCNC(=O)C(=O)O)cc21. The minimum Gasteiger partial charge on any atom is -0.474 e. The molecular formula is C12H12N2O5. The number of amides is 1. The van der Waals surface area contributed by atoms with Gasteiger partial charge >= 0.3 is 17.6 Å². The number of carboxylic acids is 1. The number of carbonyl (C=O) groups is 2. The Balaban J connectivity index is 2.09. The lowest BCUT2D eigenvalue weighted by atomic mass is 10.1. The summed E-state index contributed by atoms with van der Waals surface area (Å²) in [5, 5.41) is 10.7. The number of fused-ring (bicyclic) bond motifs is 1. The molecule has 0 aliphatic heterocycles. The molecule has 2 aromatic rings. The van der Waals surface area contributed by atoms with Crippen LogP contribution in [-0.2, 0) is 23.1 Å². The maximum absolute atomic E-state index is 11.3. The number of benzene rings is 1. The lowest BCUT2D eigenvalue weighted by molar-refractivity contribution is -0.150. The number of hydrogen-bond acceptors (Lipinski definition) is 4. The predicted octanol–water partition coefficient (Wildman–Crippen LogP) is -0.125. The summed E-state index contributed by atoms with van der Waals surface area (Å²) in [6.07, 6.45) is 0.467. The van der Waals surface area contributed by atoms with Crippen molar-refractivity contribution in [1.29, 1.82) is 0 Å². The minimum absolute atomic E-state index is 0.211. The molecule has 2 rings (SSSR count). The highest BCUT2D eigenvalue weighted by Crippen LogP contribution is 2.14. The Kier molecular flexibility index (Phi) is 3.37. The second kappa shape index (κ2) is 4.97. The van der Waals surface area contributed by atoms with Gasteiger partial charge in [-0.2, -0.15) is 0 Å². The molecule has 0 atom stereocenters. The molecule has 19 heavy (non-hydrogen) atoms. The van der Waals surface area contributed by atoms with E-state index in [1.54, 1.807) is 25.2 Å². The normalized spacial score (nSPS) is 10.6. The van der Waals surface area contributed by atoms with E-state index in [1.807, 2.05) is 0 Å². The Morgan fingerprint density at radius 2 is 2.16 bits per heavy atom. The highest BCUT2D eigenvalue weighted by Gasteiger charge is 2.10. The van der Waals surface area contributed by atoms with Crippen LogP contribution in [0.5, 0.6) is 0 Å². The third kappa shape index (κ3) is 2.65. The van der Waals surface area contributed by atoms with Crippen LogP contribution >= 0.6 is 0 Å². The van der Waals surface area contributed by atoms with Gasteiger partial charge in [0.05, 0.1) is 5.52 Å². The van der Waals surface area contributed by atoms with Crippen molar-refractivity contribution in [3.8, 4) is 0 Å². The standard InChI is InChI=1S/C12H12N2O5/c1-14-8-6-7(2-3-9(8)19-12(14)18)4-5-13-10(15)11(16)17/h2-3,6H,4-5H2,1H3,(H,13,15)(H,16,17). The number of rotatable bonds is 3. The van der Waals surface area contributed by atoms with E-state index in [0.717, 1.165) is 5.56 Å². The molecule has 0 unspecified atom stereocenters. The Morgan fingerprint density at radius 1 is 1.42 bits per heavy atom. The Labute approximate surface area is 107 Å². The lowest BCUT2D eigenvalue weighted by Gasteiger charge is -2.03.